The molecule has 1 N–H and O–H groups in total. The maximum absolute atomic E-state index is 13.3. The Morgan fingerprint density at radius 2 is 1.55 bits per heavy atom. The number of amides is 4. The lowest BCUT2D eigenvalue weighted by atomic mass is 9.78. The third-order valence-electron chi connectivity index (χ3n) is 13.4. The molecule has 0 bridgehead atoms. The largest absolute Gasteiger partial charge is 0.487 e. The van der Waals surface area contributed by atoms with E-state index < -0.39 is 23.8 Å². The van der Waals surface area contributed by atoms with Crippen molar-refractivity contribution in [1.82, 2.24) is 34.9 Å². The molecule has 4 saturated heterocycles. The fraction of sp³-hybridized carbons (Fsp3) is 0.426. The van der Waals surface area contributed by atoms with E-state index >= 15 is 0 Å². The van der Waals surface area contributed by atoms with Crippen molar-refractivity contribution in [2.45, 2.75) is 76.2 Å². The van der Waals surface area contributed by atoms with Crippen LogP contribution in [0.15, 0.2) is 72.9 Å². The molecule has 3 aromatic carbocycles. The minimum atomic E-state index is -0.959. The van der Waals surface area contributed by atoms with Crippen molar-refractivity contribution in [3.63, 3.8) is 0 Å². The number of imide groups is 2. The monoisotopic (exact) mass is 855 g/mol. The zero-order chi connectivity index (χ0) is 43.1. The van der Waals surface area contributed by atoms with Gasteiger partial charge in [-0.25, -0.2) is 9.97 Å². The summed E-state index contributed by atoms with van der Waals surface area (Å²) in [4.78, 5) is 70.8. The maximum atomic E-state index is 13.3. The van der Waals surface area contributed by atoms with E-state index in [1.807, 2.05) is 42.6 Å². The highest BCUT2D eigenvalue weighted by molar-refractivity contribution is 6.30. The van der Waals surface area contributed by atoms with Crippen molar-refractivity contribution in [3.05, 3.63) is 117 Å². The molecule has 4 aromatic rings. The number of hydrogen-bond donors (Lipinski definition) is 1. The number of halogens is 1. The van der Waals surface area contributed by atoms with Gasteiger partial charge >= 0.3 is 0 Å². The highest BCUT2D eigenvalue weighted by Crippen LogP contribution is 2.35. The first kappa shape index (κ1) is 41.6. The fourth-order valence-electron chi connectivity index (χ4n) is 9.60. The summed E-state index contributed by atoms with van der Waals surface area (Å²) in [5, 5.41) is 12.2. The minimum Gasteiger partial charge on any atom is -0.487 e. The van der Waals surface area contributed by atoms with Gasteiger partial charge in [-0.15, -0.1) is 0 Å². The standard InChI is InChI=1S/C47H50ClN9O5/c1-47(2,33-21-31(25-49)22-34(48)24-33)32-4-6-38(7-5-32)62-29-35-11-14-50-46(51-35)56-19-17-55(18-20-56)36-12-15-54(16-13-36)37-27-53(28-37)26-30-3-8-39-40(23-30)45(61)57(44(39)60)41-9-10-42(58)52-43(41)59/h3-8,11,14,21-24,36-37,41H,9-10,12-13,15-20,26-29H2,1-2H3,(H,52,58,59). The van der Waals surface area contributed by atoms with Crippen molar-refractivity contribution in [1.29, 1.82) is 5.26 Å². The molecule has 9 rings (SSSR count). The second-order valence-electron chi connectivity index (χ2n) is 17.6. The highest BCUT2D eigenvalue weighted by Gasteiger charge is 2.45. The van der Waals surface area contributed by atoms with Gasteiger partial charge in [0.1, 0.15) is 18.4 Å². The molecule has 62 heavy (non-hydrogen) atoms. The molecule has 0 spiro atoms. The zero-order valence-electron chi connectivity index (χ0n) is 35.1. The Hall–Kier alpha value is -5.72. The van der Waals surface area contributed by atoms with E-state index in [0.717, 1.165) is 104 Å². The molecule has 14 nitrogen and oxygen atoms in total. The predicted octanol–water partition coefficient (Wildman–Crippen LogP) is 4.78. The van der Waals surface area contributed by atoms with Crippen LogP contribution < -0.4 is 15.0 Å². The third-order valence-corrected chi connectivity index (χ3v) is 13.6. The van der Waals surface area contributed by atoms with Crippen molar-refractivity contribution in [2.24, 2.45) is 0 Å². The van der Waals surface area contributed by atoms with Gasteiger partial charge in [0, 0.05) is 94.0 Å². The number of rotatable bonds is 11. The van der Waals surface area contributed by atoms with E-state index in [0.29, 0.717) is 46.9 Å². The van der Waals surface area contributed by atoms with Gasteiger partial charge in [0.15, 0.2) is 0 Å². The number of piperazine rings is 1. The van der Waals surface area contributed by atoms with Crippen LogP contribution in [0, 0.1) is 11.3 Å². The summed E-state index contributed by atoms with van der Waals surface area (Å²) in [6.07, 6.45) is 4.35. The molecular formula is C47H50ClN9O5. The van der Waals surface area contributed by atoms with Gasteiger partial charge in [-0.3, -0.25) is 44.1 Å². The molecule has 15 heteroatoms. The van der Waals surface area contributed by atoms with Gasteiger partial charge < -0.3 is 9.64 Å². The lowest BCUT2D eigenvalue weighted by Gasteiger charge is -2.49. The Morgan fingerprint density at radius 1 is 0.823 bits per heavy atom. The molecular weight excluding hydrogens is 806 g/mol. The first-order valence-corrected chi connectivity index (χ1v) is 21.9. The summed E-state index contributed by atoms with van der Waals surface area (Å²) in [6.45, 7) is 13.0. The molecule has 6 heterocycles. The van der Waals surface area contributed by atoms with Crippen LogP contribution in [0.25, 0.3) is 0 Å². The smallest absolute Gasteiger partial charge is 0.262 e. The number of ether oxygens (including phenoxy) is 1. The molecule has 0 saturated carbocycles. The number of likely N-dealkylation sites (tertiary alicyclic amines) is 2. The Labute approximate surface area is 366 Å². The van der Waals surface area contributed by atoms with Crippen LogP contribution in [-0.4, -0.2) is 124 Å². The molecule has 0 radical (unpaired) electrons. The van der Waals surface area contributed by atoms with Gasteiger partial charge in [-0.1, -0.05) is 43.6 Å². The van der Waals surface area contributed by atoms with Gasteiger partial charge in [0.25, 0.3) is 11.8 Å². The first-order valence-electron chi connectivity index (χ1n) is 21.5. The molecule has 320 valence electrons. The summed E-state index contributed by atoms with van der Waals surface area (Å²) in [5.41, 5.74) is 4.69. The van der Waals surface area contributed by atoms with E-state index in [1.165, 1.54) is 0 Å². The summed E-state index contributed by atoms with van der Waals surface area (Å²) in [6, 6.07) is 23.1. The molecule has 1 atom stereocenters. The lowest BCUT2D eigenvalue weighted by molar-refractivity contribution is -0.136. The van der Waals surface area contributed by atoms with Crippen molar-refractivity contribution < 1.29 is 23.9 Å². The second kappa shape index (κ2) is 17.2. The number of nitrogens with one attached hydrogen (secondary N) is 1. The average molecular weight is 856 g/mol. The highest BCUT2D eigenvalue weighted by atomic mass is 35.5. The topological polar surface area (TPSA) is 155 Å². The molecule has 4 amide bonds. The Kier molecular flexibility index (Phi) is 11.6. The van der Waals surface area contributed by atoms with Gasteiger partial charge in [0.2, 0.25) is 17.8 Å². The molecule has 1 unspecified atom stereocenters. The Bertz CT molecular complexity index is 2430. The van der Waals surface area contributed by atoms with Crippen LogP contribution in [-0.2, 0) is 28.2 Å². The van der Waals surface area contributed by atoms with Crippen LogP contribution in [0.3, 0.4) is 0 Å². The number of carbonyl (C=O) groups is 4. The van der Waals surface area contributed by atoms with Gasteiger partial charge in [-0.2, -0.15) is 5.26 Å². The number of hydrogen-bond acceptors (Lipinski definition) is 12. The molecule has 5 aliphatic rings. The summed E-state index contributed by atoms with van der Waals surface area (Å²) >= 11 is 6.31. The van der Waals surface area contributed by atoms with E-state index in [-0.39, 0.29) is 24.2 Å². The number of carbonyl (C=O) groups excluding carboxylic acids is 4. The van der Waals surface area contributed by atoms with Gasteiger partial charge in [-0.05, 0) is 84.5 Å². The SMILES string of the molecule is CC(C)(c1ccc(OCc2ccnc(N3CCN(C4CCN(C5CN(Cc6ccc7c(c6)C(=O)N(C6CCC(=O)NC6=O)C7=O)C5)CC4)CC3)n2)cc1)c1cc(Cl)cc(C#N)c1. The average Bonchev–Trinajstić information content (AvgIpc) is 3.51. The number of aromatic nitrogens is 2. The molecule has 5 aliphatic heterocycles. The van der Waals surface area contributed by atoms with Crippen molar-refractivity contribution in [3.8, 4) is 11.8 Å². The van der Waals surface area contributed by atoms with Crippen molar-refractivity contribution >= 4 is 41.2 Å². The lowest BCUT2D eigenvalue weighted by Crippen LogP contribution is -2.61. The maximum Gasteiger partial charge on any atom is 0.262 e. The van der Waals surface area contributed by atoms with Crippen LogP contribution in [0.2, 0.25) is 5.02 Å². The quantitative estimate of drug-likeness (QED) is 0.207. The number of fused-ring (bicyclic) bond motifs is 1. The number of nitrogens with zero attached hydrogens (tertiary/aromatic N) is 8. The number of benzene rings is 3. The Balaban J connectivity index is 0.702. The number of piperidine rings is 2. The Morgan fingerprint density at radius 3 is 2.27 bits per heavy atom. The molecule has 1 aromatic heterocycles. The zero-order valence-corrected chi connectivity index (χ0v) is 35.8. The van der Waals surface area contributed by atoms with E-state index in [4.69, 9.17) is 21.3 Å². The molecule has 0 aliphatic carbocycles. The minimum absolute atomic E-state index is 0.100. The van der Waals surface area contributed by atoms with E-state index in [2.05, 4.69) is 61.9 Å². The van der Waals surface area contributed by atoms with E-state index in [1.54, 1.807) is 18.2 Å². The molecule has 4 fully saturated rings. The van der Waals surface area contributed by atoms with E-state index in [9.17, 15) is 24.4 Å². The summed E-state index contributed by atoms with van der Waals surface area (Å²) < 4.78 is 6.15. The predicted molar refractivity (Wildman–Crippen MR) is 232 cm³/mol. The second-order valence-corrected chi connectivity index (χ2v) is 18.0. The van der Waals surface area contributed by atoms with Gasteiger partial charge in [0.05, 0.1) is 28.5 Å². The normalized spacial score (nSPS) is 20.8. The third kappa shape index (κ3) is 8.42. The summed E-state index contributed by atoms with van der Waals surface area (Å²) in [7, 11) is 0. The number of nitriles is 1. The van der Waals surface area contributed by atoms with Crippen LogP contribution in [0.1, 0.15) is 88.2 Å². The van der Waals surface area contributed by atoms with Crippen LogP contribution in [0.5, 0.6) is 5.75 Å². The summed E-state index contributed by atoms with van der Waals surface area (Å²) in [5.74, 6) is -0.442. The first-order chi connectivity index (χ1) is 29.9. The van der Waals surface area contributed by atoms with Crippen LogP contribution in [0.4, 0.5) is 5.95 Å². The van der Waals surface area contributed by atoms with Crippen LogP contribution >= 0.6 is 11.6 Å². The number of anilines is 1. The fourth-order valence-corrected chi connectivity index (χ4v) is 9.84. The van der Waals surface area contributed by atoms with Crippen molar-refractivity contribution in [2.75, 3.05) is 57.3 Å².